The van der Waals surface area contributed by atoms with Crippen molar-refractivity contribution < 1.29 is 22.6 Å². The Kier molecular flexibility index (Phi) is 3.33. The molecule has 0 aliphatic carbocycles. The van der Waals surface area contributed by atoms with Crippen LogP contribution in [0.15, 0.2) is 18.3 Å². The summed E-state index contributed by atoms with van der Waals surface area (Å²) in [4.78, 5) is 5.53. The number of anilines is 1. The van der Waals surface area contributed by atoms with Crippen molar-refractivity contribution in [2.75, 3.05) is 31.2 Å². The summed E-state index contributed by atoms with van der Waals surface area (Å²) in [7, 11) is 0. The molecule has 0 atom stereocenters. The third-order valence-corrected chi connectivity index (χ3v) is 3.62. The fourth-order valence-corrected chi connectivity index (χ4v) is 2.77. The van der Waals surface area contributed by atoms with Gasteiger partial charge in [-0.15, -0.1) is 0 Å². The average Bonchev–Trinajstić information content (AvgIpc) is 2.86. The summed E-state index contributed by atoms with van der Waals surface area (Å²) in [6, 6.07) is 2.36. The molecule has 0 aromatic carbocycles. The molecule has 2 aliphatic heterocycles. The van der Waals surface area contributed by atoms with Crippen molar-refractivity contribution in [3.8, 4) is 0 Å². The van der Waals surface area contributed by atoms with Crippen molar-refractivity contribution in [2.24, 2.45) is 0 Å². The molecule has 0 radical (unpaired) electrons. The van der Waals surface area contributed by atoms with Crippen LogP contribution in [0.3, 0.4) is 0 Å². The number of aromatic nitrogens is 1. The number of ether oxygens (including phenoxy) is 2. The van der Waals surface area contributed by atoms with Crippen molar-refractivity contribution in [2.45, 2.75) is 24.8 Å². The minimum Gasteiger partial charge on any atom is -0.351 e. The van der Waals surface area contributed by atoms with Crippen molar-refractivity contribution in [1.29, 1.82) is 0 Å². The van der Waals surface area contributed by atoms with E-state index in [2.05, 4.69) is 4.98 Å². The van der Waals surface area contributed by atoms with E-state index < -0.39 is 17.5 Å². The topological polar surface area (TPSA) is 34.6 Å². The van der Waals surface area contributed by atoms with Crippen molar-refractivity contribution >= 4 is 5.82 Å². The van der Waals surface area contributed by atoms with Gasteiger partial charge in [-0.05, 0) is 18.6 Å². The number of hydrogen-bond acceptors (Lipinski definition) is 4. The summed E-state index contributed by atoms with van der Waals surface area (Å²) >= 11 is 0. The predicted molar refractivity (Wildman–Crippen MR) is 65.3 cm³/mol. The molecule has 20 heavy (non-hydrogen) atoms. The lowest BCUT2D eigenvalue weighted by Gasteiger charge is -2.39. The quantitative estimate of drug-likeness (QED) is 0.795. The van der Waals surface area contributed by atoms with Crippen molar-refractivity contribution in [1.82, 2.24) is 4.98 Å². The third-order valence-electron chi connectivity index (χ3n) is 3.62. The first-order valence-corrected chi connectivity index (χ1v) is 6.55. The largest absolute Gasteiger partial charge is 0.419 e. The minimum atomic E-state index is -4.41. The summed E-state index contributed by atoms with van der Waals surface area (Å²) in [5.74, 6) is -0.809. The van der Waals surface area contributed by atoms with Gasteiger partial charge in [0.25, 0.3) is 0 Å². The molecule has 0 saturated carbocycles. The van der Waals surface area contributed by atoms with Crippen LogP contribution in [0.4, 0.5) is 19.0 Å². The molecule has 4 nitrogen and oxygen atoms in total. The first kappa shape index (κ1) is 13.6. The Bertz CT molecular complexity index is 487. The monoisotopic (exact) mass is 288 g/mol. The molecular weight excluding hydrogens is 273 g/mol. The van der Waals surface area contributed by atoms with Crippen LogP contribution in [0, 0.1) is 0 Å². The normalized spacial score (nSPS) is 22.4. The highest BCUT2D eigenvalue weighted by Gasteiger charge is 2.43. The van der Waals surface area contributed by atoms with Gasteiger partial charge in [-0.1, -0.05) is 0 Å². The molecule has 3 heterocycles. The number of alkyl halides is 3. The number of halogens is 3. The minimum absolute atomic E-state index is 0.0434. The molecule has 1 aromatic heterocycles. The molecule has 0 N–H and O–H groups in total. The molecule has 2 saturated heterocycles. The van der Waals surface area contributed by atoms with Crippen LogP contribution in [0.25, 0.3) is 0 Å². The predicted octanol–water partition coefficient (Wildman–Crippen LogP) is 2.44. The van der Waals surface area contributed by atoms with Gasteiger partial charge in [-0.25, -0.2) is 4.98 Å². The summed E-state index contributed by atoms with van der Waals surface area (Å²) in [5.41, 5.74) is -0.713. The molecule has 0 bridgehead atoms. The van der Waals surface area contributed by atoms with Gasteiger partial charge in [0, 0.05) is 19.2 Å². The summed E-state index contributed by atoms with van der Waals surface area (Å²) in [5, 5.41) is 0. The molecular formula is C13H15F3N2O2. The standard InChI is InChI=1S/C13H15F3N2O2/c14-13(15,16)10-3-1-5-17-11(10)18-6-2-4-12(9-18)19-7-8-20-12/h1,3,5H,2,4,6-9H2. The number of pyridine rings is 1. The second-order valence-electron chi connectivity index (χ2n) is 5.01. The molecule has 2 aliphatic rings. The summed E-state index contributed by atoms with van der Waals surface area (Å²) in [6.45, 7) is 1.78. The maximum absolute atomic E-state index is 13.0. The molecule has 0 unspecified atom stereocenters. The molecule has 110 valence electrons. The maximum atomic E-state index is 13.0. The van der Waals surface area contributed by atoms with E-state index in [1.54, 1.807) is 4.90 Å². The van der Waals surface area contributed by atoms with E-state index in [4.69, 9.17) is 9.47 Å². The van der Waals surface area contributed by atoms with Crippen molar-refractivity contribution in [3.63, 3.8) is 0 Å². The lowest BCUT2D eigenvalue weighted by Crippen LogP contribution is -2.49. The molecule has 1 spiro atoms. The first-order valence-electron chi connectivity index (χ1n) is 6.55. The first-order chi connectivity index (χ1) is 9.50. The maximum Gasteiger partial charge on any atom is 0.419 e. The lowest BCUT2D eigenvalue weighted by molar-refractivity contribution is -0.161. The number of nitrogens with zero attached hydrogens (tertiary/aromatic N) is 2. The second-order valence-corrected chi connectivity index (χ2v) is 5.01. The summed E-state index contributed by atoms with van der Waals surface area (Å²) < 4.78 is 50.3. The van der Waals surface area contributed by atoms with Crippen LogP contribution < -0.4 is 4.90 Å². The van der Waals surface area contributed by atoms with Crippen LogP contribution >= 0.6 is 0 Å². The molecule has 0 amide bonds. The van der Waals surface area contributed by atoms with Crippen LogP contribution in [-0.2, 0) is 15.7 Å². The number of piperidine rings is 1. The highest BCUT2D eigenvalue weighted by Crippen LogP contribution is 2.38. The third kappa shape index (κ3) is 2.47. The Morgan fingerprint density at radius 1 is 1.25 bits per heavy atom. The van der Waals surface area contributed by atoms with Crippen LogP contribution in [0.5, 0.6) is 0 Å². The Labute approximate surface area is 114 Å². The van der Waals surface area contributed by atoms with Gasteiger partial charge in [-0.3, -0.25) is 0 Å². The average molecular weight is 288 g/mol. The Balaban J connectivity index is 1.89. The van der Waals surface area contributed by atoms with Gasteiger partial charge in [-0.2, -0.15) is 13.2 Å². The van der Waals surface area contributed by atoms with E-state index in [0.29, 0.717) is 32.6 Å². The van der Waals surface area contributed by atoms with E-state index in [-0.39, 0.29) is 12.4 Å². The van der Waals surface area contributed by atoms with Gasteiger partial charge < -0.3 is 14.4 Å². The van der Waals surface area contributed by atoms with Gasteiger partial charge in [0.15, 0.2) is 5.79 Å². The van der Waals surface area contributed by atoms with E-state index in [0.717, 1.165) is 6.07 Å². The van der Waals surface area contributed by atoms with Crippen LogP contribution in [-0.4, -0.2) is 37.1 Å². The summed E-state index contributed by atoms with van der Waals surface area (Å²) in [6.07, 6.45) is -1.61. The fourth-order valence-electron chi connectivity index (χ4n) is 2.77. The van der Waals surface area contributed by atoms with E-state index in [1.165, 1.54) is 12.3 Å². The Morgan fingerprint density at radius 3 is 2.70 bits per heavy atom. The zero-order valence-electron chi connectivity index (χ0n) is 10.8. The van der Waals surface area contributed by atoms with Gasteiger partial charge in [0.1, 0.15) is 5.82 Å². The second kappa shape index (κ2) is 4.89. The molecule has 3 rings (SSSR count). The number of rotatable bonds is 1. The SMILES string of the molecule is FC(F)(F)c1cccnc1N1CCCC2(C1)OCCO2. The van der Waals surface area contributed by atoms with Crippen molar-refractivity contribution in [3.05, 3.63) is 23.9 Å². The molecule has 1 aromatic rings. The fraction of sp³-hybridized carbons (Fsp3) is 0.615. The Morgan fingerprint density at radius 2 is 2.00 bits per heavy atom. The van der Waals surface area contributed by atoms with E-state index >= 15 is 0 Å². The number of hydrogen-bond donors (Lipinski definition) is 0. The molecule has 2 fully saturated rings. The van der Waals surface area contributed by atoms with Crippen LogP contribution in [0.2, 0.25) is 0 Å². The Hall–Kier alpha value is -1.34. The van der Waals surface area contributed by atoms with Gasteiger partial charge >= 0.3 is 6.18 Å². The van der Waals surface area contributed by atoms with E-state index in [9.17, 15) is 13.2 Å². The lowest BCUT2D eigenvalue weighted by atomic mass is 10.0. The van der Waals surface area contributed by atoms with E-state index in [1.807, 2.05) is 0 Å². The zero-order valence-corrected chi connectivity index (χ0v) is 10.8. The zero-order chi connectivity index (χ0) is 14.2. The molecule has 7 heteroatoms. The smallest absolute Gasteiger partial charge is 0.351 e. The highest BCUT2D eigenvalue weighted by atomic mass is 19.4. The van der Waals surface area contributed by atoms with Gasteiger partial charge in [0.2, 0.25) is 0 Å². The van der Waals surface area contributed by atoms with Crippen LogP contribution in [0.1, 0.15) is 18.4 Å². The van der Waals surface area contributed by atoms with Gasteiger partial charge in [0.05, 0.1) is 25.3 Å². The highest BCUT2D eigenvalue weighted by molar-refractivity contribution is 5.49.